The predicted octanol–water partition coefficient (Wildman–Crippen LogP) is 1.01. The van der Waals surface area contributed by atoms with Crippen molar-refractivity contribution in [2.75, 3.05) is 12.4 Å². The van der Waals surface area contributed by atoms with Crippen molar-refractivity contribution in [3.05, 3.63) is 36.2 Å². The van der Waals surface area contributed by atoms with Crippen molar-refractivity contribution in [1.82, 2.24) is 15.0 Å². The number of aromatic carboxylic acids is 1. The predicted molar refractivity (Wildman–Crippen MR) is 57.9 cm³/mol. The quantitative estimate of drug-likeness (QED) is 0.803. The number of anilines is 1. The molecule has 16 heavy (non-hydrogen) atoms. The van der Waals surface area contributed by atoms with Crippen LogP contribution in [0, 0.1) is 0 Å². The number of aromatic nitrogens is 3. The SMILES string of the molecule is CNc1ccc(C(=O)O)c(-n2nccn2)c1. The zero-order chi connectivity index (χ0) is 11.5. The van der Waals surface area contributed by atoms with Crippen LogP contribution < -0.4 is 5.32 Å². The van der Waals surface area contributed by atoms with E-state index in [0.717, 1.165) is 5.69 Å². The molecule has 2 N–H and O–H groups in total. The number of nitrogens with zero attached hydrogens (tertiary/aromatic N) is 3. The maximum absolute atomic E-state index is 11.0. The first-order valence-corrected chi connectivity index (χ1v) is 4.64. The van der Waals surface area contributed by atoms with Gasteiger partial charge in [-0.2, -0.15) is 15.0 Å². The molecule has 0 aliphatic heterocycles. The van der Waals surface area contributed by atoms with E-state index in [1.54, 1.807) is 19.2 Å². The summed E-state index contributed by atoms with van der Waals surface area (Å²) in [6.45, 7) is 0. The highest BCUT2D eigenvalue weighted by Crippen LogP contribution is 2.18. The second kappa shape index (κ2) is 4.01. The van der Waals surface area contributed by atoms with Crippen LogP contribution in [0.5, 0.6) is 0 Å². The average Bonchev–Trinajstić information content (AvgIpc) is 2.81. The molecule has 0 saturated carbocycles. The summed E-state index contributed by atoms with van der Waals surface area (Å²) in [5.74, 6) is -1.00. The lowest BCUT2D eigenvalue weighted by Gasteiger charge is -2.07. The van der Waals surface area contributed by atoms with Gasteiger partial charge in [-0.1, -0.05) is 0 Å². The first-order valence-electron chi connectivity index (χ1n) is 4.64. The largest absolute Gasteiger partial charge is 0.478 e. The third-order valence-corrected chi connectivity index (χ3v) is 2.15. The zero-order valence-corrected chi connectivity index (χ0v) is 8.58. The lowest BCUT2D eigenvalue weighted by molar-refractivity contribution is 0.0696. The standard InChI is InChI=1S/C10H10N4O2/c1-11-7-2-3-8(10(15)16)9(6-7)14-12-4-5-13-14/h2-6,11H,1H3,(H,15,16). The Morgan fingerprint density at radius 2 is 2.06 bits per heavy atom. The van der Waals surface area contributed by atoms with E-state index in [1.165, 1.54) is 23.3 Å². The third kappa shape index (κ3) is 1.72. The van der Waals surface area contributed by atoms with Gasteiger partial charge < -0.3 is 10.4 Å². The van der Waals surface area contributed by atoms with Crippen LogP contribution in [0.15, 0.2) is 30.6 Å². The summed E-state index contributed by atoms with van der Waals surface area (Å²) in [6.07, 6.45) is 3.00. The lowest BCUT2D eigenvalue weighted by atomic mass is 10.1. The van der Waals surface area contributed by atoms with Gasteiger partial charge >= 0.3 is 5.97 Å². The first kappa shape index (κ1) is 10.2. The van der Waals surface area contributed by atoms with Crippen LogP contribution in [0.3, 0.4) is 0 Å². The van der Waals surface area contributed by atoms with E-state index < -0.39 is 5.97 Å². The van der Waals surface area contributed by atoms with Gasteiger partial charge in [0.25, 0.3) is 0 Å². The Kier molecular flexibility index (Phi) is 2.55. The van der Waals surface area contributed by atoms with Gasteiger partial charge in [-0.05, 0) is 18.2 Å². The van der Waals surface area contributed by atoms with E-state index in [0.29, 0.717) is 5.69 Å². The highest BCUT2D eigenvalue weighted by molar-refractivity contribution is 5.92. The molecule has 0 unspecified atom stereocenters. The summed E-state index contributed by atoms with van der Waals surface area (Å²) in [4.78, 5) is 12.3. The molecule has 2 rings (SSSR count). The molecule has 2 aromatic rings. The van der Waals surface area contributed by atoms with Gasteiger partial charge in [-0.3, -0.25) is 0 Å². The Hall–Kier alpha value is -2.37. The molecule has 0 fully saturated rings. The third-order valence-electron chi connectivity index (χ3n) is 2.15. The topological polar surface area (TPSA) is 80.0 Å². The maximum Gasteiger partial charge on any atom is 0.337 e. The average molecular weight is 218 g/mol. The van der Waals surface area contributed by atoms with Crippen LogP contribution in [0.2, 0.25) is 0 Å². The fourth-order valence-electron chi connectivity index (χ4n) is 1.37. The van der Waals surface area contributed by atoms with E-state index in [2.05, 4.69) is 15.5 Å². The number of hydrogen-bond donors (Lipinski definition) is 2. The number of rotatable bonds is 3. The van der Waals surface area contributed by atoms with Gasteiger partial charge in [-0.25, -0.2) is 4.79 Å². The molecule has 82 valence electrons. The van der Waals surface area contributed by atoms with Crippen molar-refractivity contribution >= 4 is 11.7 Å². The second-order valence-electron chi connectivity index (χ2n) is 3.11. The van der Waals surface area contributed by atoms with Crippen LogP contribution >= 0.6 is 0 Å². The number of nitrogens with one attached hydrogen (secondary N) is 1. The molecule has 0 aliphatic rings. The van der Waals surface area contributed by atoms with Crippen molar-refractivity contribution in [1.29, 1.82) is 0 Å². The molecule has 0 bridgehead atoms. The van der Waals surface area contributed by atoms with E-state index in [-0.39, 0.29) is 5.56 Å². The van der Waals surface area contributed by atoms with Crippen LogP contribution in [0.1, 0.15) is 10.4 Å². The number of benzene rings is 1. The molecule has 6 heteroatoms. The number of carboxylic acid groups (broad SMARTS) is 1. The summed E-state index contributed by atoms with van der Waals surface area (Å²) in [6, 6.07) is 4.90. The van der Waals surface area contributed by atoms with Crippen LogP contribution in [0.4, 0.5) is 5.69 Å². The molecule has 0 atom stereocenters. The van der Waals surface area contributed by atoms with Gasteiger partial charge in [0.2, 0.25) is 0 Å². The van der Waals surface area contributed by atoms with Crippen molar-refractivity contribution in [2.24, 2.45) is 0 Å². The molecule has 0 saturated heterocycles. The van der Waals surface area contributed by atoms with Crippen LogP contribution in [-0.4, -0.2) is 33.1 Å². The highest BCUT2D eigenvalue weighted by Gasteiger charge is 2.13. The molecule has 0 aliphatic carbocycles. The van der Waals surface area contributed by atoms with Gasteiger partial charge in [0, 0.05) is 12.7 Å². The highest BCUT2D eigenvalue weighted by atomic mass is 16.4. The molecule has 1 aromatic carbocycles. The summed E-state index contributed by atoms with van der Waals surface area (Å²) in [7, 11) is 1.76. The van der Waals surface area contributed by atoms with Crippen molar-refractivity contribution in [3.8, 4) is 5.69 Å². The fraction of sp³-hybridized carbons (Fsp3) is 0.100. The molecule has 0 radical (unpaired) electrons. The second-order valence-corrected chi connectivity index (χ2v) is 3.11. The van der Waals surface area contributed by atoms with Gasteiger partial charge in [-0.15, -0.1) is 0 Å². The Morgan fingerprint density at radius 3 is 2.62 bits per heavy atom. The van der Waals surface area contributed by atoms with Gasteiger partial charge in [0.15, 0.2) is 0 Å². The summed E-state index contributed by atoms with van der Waals surface area (Å²) < 4.78 is 0. The maximum atomic E-state index is 11.0. The zero-order valence-electron chi connectivity index (χ0n) is 8.58. The fourth-order valence-corrected chi connectivity index (χ4v) is 1.37. The summed E-state index contributed by atoms with van der Waals surface area (Å²) >= 11 is 0. The number of hydrogen-bond acceptors (Lipinski definition) is 4. The molecule has 6 nitrogen and oxygen atoms in total. The monoisotopic (exact) mass is 218 g/mol. The molecule has 1 heterocycles. The van der Waals surface area contributed by atoms with E-state index >= 15 is 0 Å². The molecule has 1 aromatic heterocycles. The molecule has 0 spiro atoms. The number of carboxylic acids is 1. The van der Waals surface area contributed by atoms with Crippen molar-refractivity contribution < 1.29 is 9.90 Å². The van der Waals surface area contributed by atoms with Crippen molar-refractivity contribution in [2.45, 2.75) is 0 Å². The van der Waals surface area contributed by atoms with Crippen LogP contribution in [0.25, 0.3) is 5.69 Å². The van der Waals surface area contributed by atoms with Gasteiger partial charge in [0.05, 0.1) is 18.0 Å². The lowest BCUT2D eigenvalue weighted by Crippen LogP contribution is -2.08. The normalized spacial score (nSPS) is 10.1. The Labute approximate surface area is 91.5 Å². The summed E-state index contributed by atoms with van der Waals surface area (Å²) in [5, 5.41) is 19.8. The molecule has 0 amide bonds. The minimum absolute atomic E-state index is 0.162. The minimum atomic E-state index is -1.00. The van der Waals surface area contributed by atoms with E-state index in [4.69, 9.17) is 5.11 Å². The van der Waals surface area contributed by atoms with Crippen LogP contribution in [-0.2, 0) is 0 Å². The van der Waals surface area contributed by atoms with E-state index in [1.807, 2.05) is 0 Å². The molecular formula is C10H10N4O2. The Balaban J connectivity index is 2.59. The van der Waals surface area contributed by atoms with Crippen molar-refractivity contribution in [3.63, 3.8) is 0 Å². The summed E-state index contributed by atoms with van der Waals surface area (Å²) in [5.41, 5.74) is 1.40. The van der Waals surface area contributed by atoms with E-state index in [9.17, 15) is 4.79 Å². The first-order chi connectivity index (χ1) is 7.72. The number of carbonyl (C=O) groups is 1. The Morgan fingerprint density at radius 1 is 1.38 bits per heavy atom. The minimum Gasteiger partial charge on any atom is -0.478 e. The smallest absolute Gasteiger partial charge is 0.337 e. The Bertz CT molecular complexity index is 508. The molecular weight excluding hydrogens is 208 g/mol. The van der Waals surface area contributed by atoms with Gasteiger partial charge in [0.1, 0.15) is 5.69 Å².